The van der Waals surface area contributed by atoms with Crippen molar-refractivity contribution in [1.82, 2.24) is 0 Å². The normalized spacial score (nSPS) is 21.5. The third kappa shape index (κ3) is 1.95. The van der Waals surface area contributed by atoms with Gasteiger partial charge in [0.2, 0.25) is 0 Å². The summed E-state index contributed by atoms with van der Waals surface area (Å²) in [4.78, 5) is 12.7. The van der Waals surface area contributed by atoms with Gasteiger partial charge in [-0.15, -0.1) is 0 Å². The van der Waals surface area contributed by atoms with Crippen molar-refractivity contribution < 1.29 is 4.79 Å². The van der Waals surface area contributed by atoms with Crippen molar-refractivity contribution in [3.63, 3.8) is 0 Å². The lowest BCUT2D eigenvalue weighted by atomic mass is 9.72. The Morgan fingerprint density at radius 1 is 0.895 bits per heavy atom. The van der Waals surface area contributed by atoms with Crippen LogP contribution in [-0.4, -0.2) is 10.6 Å². The maximum atomic E-state index is 12.8. The van der Waals surface area contributed by atoms with Gasteiger partial charge in [-0.2, -0.15) is 0 Å². The predicted octanol–water partition coefficient (Wildman–Crippen LogP) is 4.10. The Bertz CT molecular complexity index is 537. The van der Waals surface area contributed by atoms with Crippen LogP contribution in [0.4, 0.5) is 0 Å². The number of alkyl halides is 1. The van der Waals surface area contributed by atoms with E-state index in [0.29, 0.717) is 0 Å². The van der Waals surface area contributed by atoms with Crippen molar-refractivity contribution in [2.24, 2.45) is 0 Å². The standard InChI is InChI=1S/C17H15BrO/c18-15-11-12-17(16(15)19,13-7-3-1-4-8-13)14-9-5-2-6-10-14/h1-10,15H,11-12H2. The molecule has 0 N–H and O–H groups in total. The summed E-state index contributed by atoms with van der Waals surface area (Å²) in [6.45, 7) is 0. The van der Waals surface area contributed by atoms with E-state index in [1.807, 2.05) is 36.4 Å². The van der Waals surface area contributed by atoms with Crippen molar-refractivity contribution in [2.75, 3.05) is 0 Å². The van der Waals surface area contributed by atoms with Crippen molar-refractivity contribution in [1.29, 1.82) is 0 Å². The third-order valence-corrected chi connectivity index (χ3v) is 4.88. The maximum Gasteiger partial charge on any atom is 0.161 e. The zero-order chi connectivity index (χ0) is 13.3. The molecule has 0 bridgehead atoms. The molecule has 0 radical (unpaired) electrons. The molecular formula is C17H15BrO. The molecule has 3 rings (SSSR count). The molecule has 1 unspecified atom stereocenters. The Kier molecular flexibility index (Phi) is 3.28. The largest absolute Gasteiger partial charge is 0.297 e. The van der Waals surface area contributed by atoms with Crippen molar-refractivity contribution in [2.45, 2.75) is 23.1 Å². The van der Waals surface area contributed by atoms with Crippen LogP contribution < -0.4 is 0 Å². The van der Waals surface area contributed by atoms with Gasteiger partial charge >= 0.3 is 0 Å². The lowest BCUT2D eigenvalue weighted by Crippen LogP contribution is -2.34. The molecule has 2 heteroatoms. The second-order valence-corrected chi connectivity index (χ2v) is 6.11. The van der Waals surface area contributed by atoms with Gasteiger partial charge in [0.05, 0.1) is 10.2 Å². The third-order valence-electron chi connectivity index (χ3n) is 4.01. The summed E-state index contributed by atoms with van der Waals surface area (Å²) in [6.07, 6.45) is 1.76. The van der Waals surface area contributed by atoms with Gasteiger partial charge in [0.25, 0.3) is 0 Å². The second-order valence-electron chi connectivity index (χ2n) is 5.01. The van der Waals surface area contributed by atoms with Crippen LogP contribution in [0.2, 0.25) is 0 Å². The summed E-state index contributed by atoms with van der Waals surface area (Å²) in [6, 6.07) is 20.3. The zero-order valence-electron chi connectivity index (χ0n) is 10.6. The van der Waals surface area contributed by atoms with E-state index in [4.69, 9.17) is 0 Å². The first kappa shape index (κ1) is 12.6. The predicted molar refractivity (Wildman–Crippen MR) is 80.6 cm³/mol. The van der Waals surface area contributed by atoms with E-state index in [9.17, 15) is 4.79 Å². The quantitative estimate of drug-likeness (QED) is 0.763. The average Bonchev–Trinajstić information content (AvgIpc) is 2.78. The minimum Gasteiger partial charge on any atom is -0.297 e. The molecule has 1 fully saturated rings. The van der Waals surface area contributed by atoms with Crippen molar-refractivity contribution in [3.05, 3.63) is 71.8 Å². The SMILES string of the molecule is O=C1C(Br)CCC1(c1ccccc1)c1ccccc1. The van der Waals surface area contributed by atoms with Crippen LogP contribution >= 0.6 is 15.9 Å². The molecule has 19 heavy (non-hydrogen) atoms. The highest BCUT2D eigenvalue weighted by Crippen LogP contribution is 2.45. The Labute approximate surface area is 121 Å². The van der Waals surface area contributed by atoms with Crippen LogP contribution in [-0.2, 0) is 10.2 Å². The minimum absolute atomic E-state index is 0.0343. The van der Waals surface area contributed by atoms with E-state index < -0.39 is 5.41 Å². The fourth-order valence-electron chi connectivity index (χ4n) is 3.05. The second kappa shape index (κ2) is 4.93. The Morgan fingerprint density at radius 3 is 1.74 bits per heavy atom. The summed E-state index contributed by atoms with van der Waals surface area (Å²) in [7, 11) is 0. The summed E-state index contributed by atoms with van der Waals surface area (Å²) in [5.74, 6) is 0.282. The number of carbonyl (C=O) groups is 1. The number of carbonyl (C=O) groups excluding carboxylic acids is 1. The van der Waals surface area contributed by atoms with E-state index in [-0.39, 0.29) is 10.6 Å². The molecule has 0 aromatic heterocycles. The Hall–Kier alpha value is -1.41. The van der Waals surface area contributed by atoms with Crippen LogP contribution in [0.5, 0.6) is 0 Å². The van der Waals surface area contributed by atoms with E-state index in [0.717, 1.165) is 24.0 Å². The fraction of sp³-hybridized carbons (Fsp3) is 0.235. The Balaban J connectivity index is 2.21. The first-order valence-corrected chi connectivity index (χ1v) is 7.46. The lowest BCUT2D eigenvalue weighted by molar-refractivity contribution is -0.120. The summed E-state index contributed by atoms with van der Waals surface area (Å²) in [5, 5.41) is 0. The smallest absolute Gasteiger partial charge is 0.161 e. The van der Waals surface area contributed by atoms with Gasteiger partial charge in [-0.3, -0.25) is 4.79 Å². The molecule has 96 valence electrons. The molecule has 0 spiro atoms. The van der Waals surface area contributed by atoms with Crippen LogP contribution in [0.3, 0.4) is 0 Å². The molecule has 0 aliphatic heterocycles. The number of hydrogen-bond donors (Lipinski definition) is 0. The average molecular weight is 315 g/mol. The van der Waals surface area contributed by atoms with Crippen molar-refractivity contribution >= 4 is 21.7 Å². The monoisotopic (exact) mass is 314 g/mol. The number of ketones is 1. The summed E-state index contributed by atoms with van der Waals surface area (Å²) < 4.78 is 0. The van der Waals surface area contributed by atoms with Crippen LogP contribution in [0, 0.1) is 0 Å². The molecule has 1 aliphatic rings. The number of halogens is 1. The van der Waals surface area contributed by atoms with Gasteiger partial charge in [-0.1, -0.05) is 76.6 Å². The number of Topliss-reactive ketones (excluding diaryl/α,β-unsaturated/α-hetero) is 1. The molecule has 0 amide bonds. The molecule has 2 aromatic carbocycles. The first-order chi connectivity index (χ1) is 9.25. The zero-order valence-corrected chi connectivity index (χ0v) is 12.1. The van der Waals surface area contributed by atoms with Crippen LogP contribution in [0.15, 0.2) is 60.7 Å². The topological polar surface area (TPSA) is 17.1 Å². The van der Waals surface area contributed by atoms with Gasteiger partial charge < -0.3 is 0 Å². The van der Waals surface area contributed by atoms with Gasteiger partial charge in [-0.05, 0) is 24.0 Å². The molecule has 0 heterocycles. The highest BCUT2D eigenvalue weighted by molar-refractivity contribution is 9.10. The maximum absolute atomic E-state index is 12.8. The molecule has 1 aliphatic carbocycles. The van der Waals surface area contributed by atoms with E-state index in [2.05, 4.69) is 40.2 Å². The molecule has 0 saturated heterocycles. The first-order valence-electron chi connectivity index (χ1n) is 6.54. The van der Waals surface area contributed by atoms with Gasteiger partial charge in [0.15, 0.2) is 5.78 Å². The van der Waals surface area contributed by atoms with Crippen LogP contribution in [0.25, 0.3) is 0 Å². The van der Waals surface area contributed by atoms with E-state index in [1.165, 1.54) is 0 Å². The highest BCUT2D eigenvalue weighted by atomic mass is 79.9. The van der Waals surface area contributed by atoms with E-state index in [1.54, 1.807) is 0 Å². The van der Waals surface area contributed by atoms with Gasteiger partial charge in [0, 0.05) is 0 Å². The number of benzene rings is 2. The molecule has 1 atom stereocenters. The molecular weight excluding hydrogens is 300 g/mol. The Morgan fingerprint density at radius 2 is 1.37 bits per heavy atom. The summed E-state index contributed by atoms with van der Waals surface area (Å²) in [5.41, 5.74) is 1.73. The molecule has 2 aromatic rings. The number of rotatable bonds is 2. The van der Waals surface area contributed by atoms with Crippen molar-refractivity contribution in [3.8, 4) is 0 Å². The lowest BCUT2D eigenvalue weighted by Gasteiger charge is -2.29. The summed E-state index contributed by atoms with van der Waals surface area (Å²) >= 11 is 3.52. The minimum atomic E-state index is -0.476. The fourth-order valence-corrected chi connectivity index (χ4v) is 3.67. The van der Waals surface area contributed by atoms with Gasteiger partial charge in [0.1, 0.15) is 0 Å². The van der Waals surface area contributed by atoms with Gasteiger partial charge in [-0.25, -0.2) is 0 Å². The highest BCUT2D eigenvalue weighted by Gasteiger charge is 2.48. The van der Waals surface area contributed by atoms with E-state index >= 15 is 0 Å². The molecule has 1 nitrogen and oxygen atoms in total. The molecule has 1 saturated carbocycles. The number of hydrogen-bond acceptors (Lipinski definition) is 1. The van der Waals surface area contributed by atoms with Crippen LogP contribution in [0.1, 0.15) is 24.0 Å².